The van der Waals surface area contributed by atoms with Crippen LogP contribution in [0.5, 0.6) is 5.75 Å². The normalized spacial score (nSPS) is 17.1. The van der Waals surface area contributed by atoms with Crippen molar-refractivity contribution in [3.05, 3.63) is 71.8 Å². The molecule has 1 aliphatic heterocycles. The van der Waals surface area contributed by atoms with Crippen LogP contribution in [0, 0.1) is 0 Å². The van der Waals surface area contributed by atoms with Gasteiger partial charge < -0.3 is 10.4 Å². The maximum absolute atomic E-state index is 12.2. The number of benzene rings is 3. The summed E-state index contributed by atoms with van der Waals surface area (Å²) in [6, 6.07) is 19.4. The number of aromatic hydroxyl groups is 1. The first-order valence-corrected chi connectivity index (χ1v) is 7.33. The molecule has 0 spiro atoms. The van der Waals surface area contributed by atoms with E-state index in [1.54, 1.807) is 12.1 Å². The van der Waals surface area contributed by atoms with Crippen LogP contribution in [0.25, 0.3) is 10.8 Å². The fourth-order valence-corrected chi connectivity index (χ4v) is 3.21. The van der Waals surface area contributed by atoms with Gasteiger partial charge in [-0.2, -0.15) is 0 Å². The summed E-state index contributed by atoms with van der Waals surface area (Å²) in [6.45, 7) is 0. The number of rotatable bonds is 1. The van der Waals surface area contributed by atoms with Crippen LogP contribution in [-0.4, -0.2) is 11.0 Å². The van der Waals surface area contributed by atoms with Crippen molar-refractivity contribution in [1.29, 1.82) is 0 Å². The maximum Gasteiger partial charge on any atom is 0.225 e. The number of carbonyl (C=O) groups is 1. The molecule has 108 valence electrons. The number of hydrogen-bond donors (Lipinski definition) is 2. The zero-order valence-electron chi connectivity index (χ0n) is 11.9. The minimum atomic E-state index is 0.0222. The van der Waals surface area contributed by atoms with E-state index in [2.05, 4.69) is 17.4 Å². The Morgan fingerprint density at radius 1 is 0.955 bits per heavy atom. The van der Waals surface area contributed by atoms with E-state index in [4.69, 9.17) is 0 Å². The van der Waals surface area contributed by atoms with Crippen molar-refractivity contribution in [2.24, 2.45) is 0 Å². The van der Waals surface area contributed by atoms with E-state index in [1.807, 2.05) is 36.4 Å². The second-order valence-electron chi connectivity index (χ2n) is 5.65. The minimum absolute atomic E-state index is 0.0222. The molecule has 3 nitrogen and oxygen atoms in total. The first-order chi connectivity index (χ1) is 10.7. The van der Waals surface area contributed by atoms with Crippen molar-refractivity contribution in [1.82, 2.24) is 0 Å². The number of phenols is 1. The van der Waals surface area contributed by atoms with Gasteiger partial charge in [0.25, 0.3) is 0 Å². The third-order valence-electron chi connectivity index (χ3n) is 4.29. The van der Waals surface area contributed by atoms with Crippen molar-refractivity contribution >= 4 is 22.4 Å². The number of anilines is 1. The maximum atomic E-state index is 12.2. The van der Waals surface area contributed by atoms with E-state index in [9.17, 15) is 9.90 Å². The van der Waals surface area contributed by atoms with Crippen LogP contribution >= 0.6 is 0 Å². The van der Waals surface area contributed by atoms with Gasteiger partial charge in [0.2, 0.25) is 5.91 Å². The van der Waals surface area contributed by atoms with Gasteiger partial charge in [-0.05, 0) is 28.6 Å². The highest BCUT2D eigenvalue weighted by Crippen LogP contribution is 2.41. The summed E-state index contributed by atoms with van der Waals surface area (Å²) < 4.78 is 0. The molecule has 3 aromatic carbocycles. The molecule has 1 unspecified atom stereocenters. The Bertz CT molecular complexity index is 868. The SMILES string of the molecule is O=C1CC(c2ccc(O)cc2)c2ccc3ccccc3c2N1. The first-order valence-electron chi connectivity index (χ1n) is 7.33. The average molecular weight is 289 g/mol. The lowest BCUT2D eigenvalue weighted by molar-refractivity contribution is -0.116. The molecular formula is C19H15NO2. The Morgan fingerprint density at radius 2 is 1.73 bits per heavy atom. The number of carbonyl (C=O) groups excluding carboxylic acids is 1. The molecular weight excluding hydrogens is 274 g/mol. The number of fused-ring (bicyclic) bond motifs is 3. The minimum Gasteiger partial charge on any atom is -0.508 e. The molecule has 1 amide bonds. The molecule has 1 aliphatic rings. The Kier molecular flexibility index (Phi) is 2.86. The van der Waals surface area contributed by atoms with Crippen molar-refractivity contribution in [3.8, 4) is 5.75 Å². The van der Waals surface area contributed by atoms with Gasteiger partial charge in [0.15, 0.2) is 0 Å². The Labute approximate surface area is 128 Å². The molecule has 0 bridgehead atoms. The van der Waals surface area contributed by atoms with Gasteiger partial charge in [0.05, 0.1) is 5.69 Å². The van der Waals surface area contributed by atoms with E-state index in [1.165, 1.54) is 0 Å². The predicted molar refractivity (Wildman–Crippen MR) is 87.1 cm³/mol. The first kappa shape index (κ1) is 12.9. The molecule has 1 heterocycles. The van der Waals surface area contributed by atoms with E-state index < -0.39 is 0 Å². The average Bonchev–Trinajstić information content (AvgIpc) is 2.55. The number of phenolic OH excluding ortho intramolecular Hbond substituents is 1. The summed E-state index contributed by atoms with van der Waals surface area (Å²) in [5.74, 6) is 0.290. The summed E-state index contributed by atoms with van der Waals surface area (Å²) in [5, 5.41) is 14.7. The third kappa shape index (κ3) is 2.02. The largest absolute Gasteiger partial charge is 0.508 e. The molecule has 0 aliphatic carbocycles. The summed E-state index contributed by atoms with van der Waals surface area (Å²) in [7, 11) is 0. The zero-order chi connectivity index (χ0) is 15.1. The highest BCUT2D eigenvalue weighted by atomic mass is 16.3. The number of hydrogen-bond acceptors (Lipinski definition) is 2. The molecule has 0 fully saturated rings. The van der Waals surface area contributed by atoms with E-state index in [0.717, 1.165) is 27.6 Å². The van der Waals surface area contributed by atoms with Crippen LogP contribution in [0.4, 0.5) is 5.69 Å². The third-order valence-corrected chi connectivity index (χ3v) is 4.29. The highest BCUT2D eigenvalue weighted by Gasteiger charge is 2.27. The Balaban J connectivity index is 1.92. The van der Waals surface area contributed by atoms with Gasteiger partial charge in [0, 0.05) is 17.7 Å². The van der Waals surface area contributed by atoms with Crippen LogP contribution in [0.3, 0.4) is 0 Å². The summed E-state index contributed by atoms with van der Waals surface area (Å²) in [4.78, 5) is 12.2. The molecule has 2 N–H and O–H groups in total. The molecule has 1 atom stereocenters. The van der Waals surface area contributed by atoms with Crippen molar-refractivity contribution < 1.29 is 9.90 Å². The summed E-state index contributed by atoms with van der Waals surface area (Å²) in [5.41, 5.74) is 3.08. The molecule has 0 aromatic heterocycles. The van der Waals surface area contributed by atoms with E-state index in [0.29, 0.717) is 6.42 Å². The van der Waals surface area contributed by atoms with E-state index >= 15 is 0 Å². The van der Waals surface area contributed by atoms with Gasteiger partial charge >= 0.3 is 0 Å². The topological polar surface area (TPSA) is 49.3 Å². The zero-order valence-corrected chi connectivity index (χ0v) is 11.9. The van der Waals surface area contributed by atoms with Crippen LogP contribution in [0.1, 0.15) is 23.5 Å². The molecule has 0 saturated carbocycles. The van der Waals surface area contributed by atoms with Crippen molar-refractivity contribution in [2.45, 2.75) is 12.3 Å². The predicted octanol–water partition coefficient (Wildman–Crippen LogP) is 4.02. The van der Waals surface area contributed by atoms with Gasteiger partial charge in [-0.3, -0.25) is 4.79 Å². The monoisotopic (exact) mass is 289 g/mol. The molecule has 4 rings (SSSR count). The lowest BCUT2D eigenvalue weighted by Crippen LogP contribution is -2.23. The Hall–Kier alpha value is -2.81. The van der Waals surface area contributed by atoms with Gasteiger partial charge in [-0.25, -0.2) is 0 Å². The lowest BCUT2D eigenvalue weighted by Gasteiger charge is -2.27. The number of nitrogens with one attached hydrogen (secondary N) is 1. The summed E-state index contributed by atoms with van der Waals surface area (Å²) >= 11 is 0. The molecule has 0 saturated heterocycles. The molecule has 3 aromatic rings. The van der Waals surface area contributed by atoms with Gasteiger partial charge in [-0.15, -0.1) is 0 Å². The van der Waals surface area contributed by atoms with Crippen LogP contribution < -0.4 is 5.32 Å². The standard InChI is InChI=1S/C19H15NO2/c21-14-8-5-13(6-9-14)17-11-18(22)20-19-15-4-2-1-3-12(15)7-10-16(17)19/h1-10,17,21H,11H2,(H,20,22). The molecule has 22 heavy (non-hydrogen) atoms. The lowest BCUT2D eigenvalue weighted by atomic mass is 9.83. The fraction of sp³-hybridized carbons (Fsp3) is 0.105. The quantitative estimate of drug-likeness (QED) is 0.711. The second-order valence-corrected chi connectivity index (χ2v) is 5.65. The van der Waals surface area contributed by atoms with Gasteiger partial charge in [0.1, 0.15) is 5.75 Å². The Morgan fingerprint density at radius 3 is 2.55 bits per heavy atom. The summed E-state index contributed by atoms with van der Waals surface area (Å²) in [6.07, 6.45) is 0.427. The van der Waals surface area contributed by atoms with Gasteiger partial charge in [-0.1, -0.05) is 48.5 Å². The van der Waals surface area contributed by atoms with Crippen molar-refractivity contribution in [3.63, 3.8) is 0 Å². The highest BCUT2D eigenvalue weighted by molar-refractivity contribution is 6.06. The molecule has 0 radical (unpaired) electrons. The second kappa shape index (κ2) is 4.88. The van der Waals surface area contributed by atoms with E-state index in [-0.39, 0.29) is 17.6 Å². The van der Waals surface area contributed by atoms with Crippen LogP contribution in [-0.2, 0) is 4.79 Å². The fourth-order valence-electron chi connectivity index (χ4n) is 3.21. The van der Waals surface area contributed by atoms with Crippen LogP contribution in [0.2, 0.25) is 0 Å². The number of amides is 1. The molecule has 3 heteroatoms. The smallest absolute Gasteiger partial charge is 0.225 e. The van der Waals surface area contributed by atoms with Crippen LogP contribution in [0.15, 0.2) is 60.7 Å². The van der Waals surface area contributed by atoms with Crippen molar-refractivity contribution in [2.75, 3.05) is 5.32 Å².